The zero-order valence-electron chi connectivity index (χ0n) is 17.5. The summed E-state index contributed by atoms with van der Waals surface area (Å²) in [7, 11) is 0. The summed E-state index contributed by atoms with van der Waals surface area (Å²) in [6, 6.07) is 17.1. The van der Waals surface area contributed by atoms with Crippen LogP contribution in [0.4, 0.5) is 4.39 Å². The average molecular weight is 433 g/mol. The molecular weight excluding hydrogens is 409 g/mol. The molecule has 4 rings (SSSR count). The second-order valence-corrected chi connectivity index (χ2v) is 8.17. The van der Waals surface area contributed by atoms with Crippen LogP contribution >= 0.6 is 0 Å². The van der Waals surface area contributed by atoms with Gasteiger partial charge in [-0.05, 0) is 77.8 Å². The van der Waals surface area contributed by atoms with Gasteiger partial charge in [-0.1, -0.05) is 36.4 Å². The van der Waals surface area contributed by atoms with Crippen LogP contribution in [0.15, 0.2) is 71.9 Å². The molecule has 3 aromatic rings. The van der Waals surface area contributed by atoms with Crippen LogP contribution in [0.5, 0.6) is 5.75 Å². The zero-order valence-corrected chi connectivity index (χ0v) is 17.5. The van der Waals surface area contributed by atoms with Gasteiger partial charge < -0.3 is 15.5 Å². The van der Waals surface area contributed by atoms with Gasteiger partial charge in [0.25, 0.3) is 0 Å². The smallest absolute Gasteiger partial charge is 0.333 e. The van der Waals surface area contributed by atoms with Crippen LogP contribution in [-0.4, -0.2) is 22.1 Å². The van der Waals surface area contributed by atoms with Gasteiger partial charge in [0.1, 0.15) is 11.6 Å². The largest absolute Gasteiger partial charge is 0.508 e. The van der Waals surface area contributed by atoms with E-state index < -0.39 is 5.97 Å². The molecule has 164 valence electrons. The predicted molar refractivity (Wildman–Crippen MR) is 120 cm³/mol. The van der Waals surface area contributed by atoms with Crippen LogP contribution in [0.25, 0.3) is 10.8 Å². The summed E-state index contributed by atoms with van der Waals surface area (Å²) in [4.78, 5) is 24.4. The number of phenols is 1. The maximum absolute atomic E-state index is 13.2. The van der Waals surface area contributed by atoms with E-state index in [9.17, 15) is 24.2 Å². The third-order valence-corrected chi connectivity index (χ3v) is 5.98. The minimum Gasteiger partial charge on any atom is -0.508 e. The van der Waals surface area contributed by atoms with Gasteiger partial charge in [-0.25, -0.2) is 9.18 Å². The fourth-order valence-corrected chi connectivity index (χ4v) is 4.24. The van der Waals surface area contributed by atoms with Crippen molar-refractivity contribution in [3.8, 4) is 5.75 Å². The van der Waals surface area contributed by atoms with Crippen molar-refractivity contribution < 1.29 is 24.2 Å². The molecule has 1 atom stereocenters. The lowest BCUT2D eigenvalue weighted by Gasteiger charge is -2.26. The van der Waals surface area contributed by atoms with Crippen molar-refractivity contribution in [3.63, 3.8) is 0 Å². The Balaban J connectivity index is 1.41. The van der Waals surface area contributed by atoms with Gasteiger partial charge in [-0.2, -0.15) is 0 Å². The van der Waals surface area contributed by atoms with E-state index in [1.807, 2.05) is 24.3 Å². The summed E-state index contributed by atoms with van der Waals surface area (Å²) < 4.78 is 13.2. The Kier molecular flexibility index (Phi) is 6.21. The normalized spacial score (nSPS) is 16.2. The molecule has 0 spiro atoms. The van der Waals surface area contributed by atoms with E-state index in [0.717, 1.165) is 21.9 Å². The van der Waals surface area contributed by atoms with Crippen molar-refractivity contribution in [3.05, 3.63) is 88.9 Å². The lowest BCUT2D eigenvalue weighted by molar-refractivity contribution is -0.133. The molecule has 1 amide bonds. The number of carbonyl (C=O) groups excluding carboxylic acids is 1. The Hall–Kier alpha value is -3.67. The average Bonchev–Trinajstić information content (AvgIpc) is 2.78. The SMILES string of the molecule is O=C(CCc1ccc2cc(O)ccc2c1)NC1=C(C(=O)O)CC(c2ccc(F)cc2)CC1. The molecule has 5 nitrogen and oxygen atoms in total. The van der Waals surface area contributed by atoms with Crippen molar-refractivity contribution in [2.75, 3.05) is 0 Å². The Labute approximate surface area is 185 Å². The zero-order chi connectivity index (χ0) is 22.7. The lowest BCUT2D eigenvalue weighted by Crippen LogP contribution is -2.29. The molecule has 0 aliphatic heterocycles. The van der Waals surface area contributed by atoms with Crippen molar-refractivity contribution in [2.24, 2.45) is 0 Å². The molecule has 1 aliphatic carbocycles. The van der Waals surface area contributed by atoms with Gasteiger partial charge in [0.05, 0.1) is 5.57 Å². The summed E-state index contributed by atoms with van der Waals surface area (Å²) in [5.41, 5.74) is 2.57. The molecule has 1 unspecified atom stereocenters. The number of amides is 1. The summed E-state index contributed by atoms with van der Waals surface area (Å²) in [6.45, 7) is 0. The number of nitrogens with one attached hydrogen (secondary N) is 1. The summed E-state index contributed by atoms with van der Waals surface area (Å²) >= 11 is 0. The lowest BCUT2D eigenvalue weighted by atomic mass is 9.82. The summed E-state index contributed by atoms with van der Waals surface area (Å²) in [5, 5.41) is 24.0. The second kappa shape index (κ2) is 9.22. The number of aliphatic carboxylic acids is 1. The first-order chi connectivity index (χ1) is 15.4. The fourth-order valence-electron chi connectivity index (χ4n) is 4.24. The predicted octanol–water partition coefficient (Wildman–Crippen LogP) is 5.04. The number of aromatic hydroxyl groups is 1. The molecule has 3 aromatic carbocycles. The molecule has 3 N–H and O–H groups in total. The van der Waals surface area contributed by atoms with E-state index in [1.54, 1.807) is 24.3 Å². The van der Waals surface area contributed by atoms with Gasteiger partial charge in [0.2, 0.25) is 5.91 Å². The van der Waals surface area contributed by atoms with Gasteiger partial charge in [0.15, 0.2) is 0 Å². The molecule has 0 heterocycles. The molecule has 0 saturated carbocycles. The molecule has 0 fully saturated rings. The topological polar surface area (TPSA) is 86.6 Å². The van der Waals surface area contributed by atoms with Crippen LogP contribution in [0.2, 0.25) is 0 Å². The number of fused-ring (bicyclic) bond motifs is 1. The summed E-state index contributed by atoms with van der Waals surface area (Å²) in [6.07, 6.45) is 2.20. The van der Waals surface area contributed by atoms with E-state index in [4.69, 9.17) is 0 Å². The number of hydrogen-bond acceptors (Lipinski definition) is 3. The highest BCUT2D eigenvalue weighted by Crippen LogP contribution is 2.35. The number of carbonyl (C=O) groups is 2. The maximum atomic E-state index is 13.2. The highest BCUT2D eigenvalue weighted by atomic mass is 19.1. The number of carboxylic acid groups (broad SMARTS) is 1. The number of rotatable bonds is 6. The van der Waals surface area contributed by atoms with Gasteiger partial charge in [-0.15, -0.1) is 0 Å². The molecule has 0 bridgehead atoms. The molecule has 0 aromatic heterocycles. The number of phenolic OH excluding ortho intramolecular Hbond substituents is 1. The third-order valence-electron chi connectivity index (χ3n) is 5.98. The number of halogens is 1. The van der Waals surface area contributed by atoms with E-state index >= 15 is 0 Å². The van der Waals surface area contributed by atoms with E-state index in [0.29, 0.717) is 31.4 Å². The van der Waals surface area contributed by atoms with E-state index in [1.165, 1.54) is 12.1 Å². The highest BCUT2D eigenvalue weighted by molar-refractivity contribution is 5.90. The first-order valence-corrected chi connectivity index (χ1v) is 10.6. The van der Waals surface area contributed by atoms with Crippen LogP contribution < -0.4 is 5.32 Å². The standard InChI is InChI=1S/C26H24FNO4/c27-21-8-4-17(5-9-21)20-7-11-24(23(15-20)26(31)32)28-25(30)12-2-16-1-3-19-14-22(29)10-6-18(19)13-16/h1,3-6,8-10,13-14,20,29H,2,7,11-12,15H2,(H,28,30)(H,31,32). The Morgan fingerprint density at radius 1 is 1.00 bits per heavy atom. The molecule has 6 heteroatoms. The fraction of sp³-hybridized carbons (Fsp3) is 0.231. The maximum Gasteiger partial charge on any atom is 0.333 e. The number of carboxylic acids is 1. The second-order valence-electron chi connectivity index (χ2n) is 8.17. The van der Waals surface area contributed by atoms with Gasteiger partial charge >= 0.3 is 5.97 Å². The number of hydrogen-bond donors (Lipinski definition) is 3. The monoisotopic (exact) mass is 433 g/mol. The molecular formula is C26H24FNO4. The van der Waals surface area contributed by atoms with E-state index in [-0.39, 0.29) is 35.4 Å². The summed E-state index contributed by atoms with van der Waals surface area (Å²) in [5.74, 6) is -1.38. The Morgan fingerprint density at radius 3 is 2.47 bits per heavy atom. The quantitative estimate of drug-likeness (QED) is 0.508. The van der Waals surface area contributed by atoms with Crippen LogP contribution in [-0.2, 0) is 16.0 Å². The first kappa shape index (κ1) is 21.6. The molecule has 0 radical (unpaired) electrons. The Bertz CT molecular complexity index is 1200. The van der Waals surface area contributed by atoms with Gasteiger partial charge in [-0.3, -0.25) is 4.79 Å². The number of aryl methyl sites for hydroxylation is 1. The molecule has 0 saturated heterocycles. The van der Waals surface area contributed by atoms with Crippen LogP contribution in [0.3, 0.4) is 0 Å². The first-order valence-electron chi connectivity index (χ1n) is 10.6. The molecule has 32 heavy (non-hydrogen) atoms. The number of benzene rings is 3. The Morgan fingerprint density at radius 2 is 1.72 bits per heavy atom. The van der Waals surface area contributed by atoms with Crippen molar-refractivity contribution in [1.82, 2.24) is 5.32 Å². The highest BCUT2D eigenvalue weighted by Gasteiger charge is 2.27. The number of allylic oxidation sites excluding steroid dienone is 1. The van der Waals surface area contributed by atoms with Crippen LogP contribution in [0, 0.1) is 5.82 Å². The van der Waals surface area contributed by atoms with E-state index in [2.05, 4.69) is 5.32 Å². The van der Waals surface area contributed by atoms with Crippen molar-refractivity contribution >= 4 is 22.6 Å². The van der Waals surface area contributed by atoms with Gasteiger partial charge in [0, 0.05) is 12.1 Å². The van der Waals surface area contributed by atoms with Crippen molar-refractivity contribution in [1.29, 1.82) is 0 Å². The minimum atomic E-state index is -1.04. The van der Waals surface area contributed by atoms with Crippen LogP contribution in [0.1, 0.15) is 42.7 Å². The molecule has 1 aliphatic rings. The minimum absolute atomic E-state index is 0.0145. The third kappa shape index (κ3) is 4.97. The van der Waals surface area contributed by atoms with Crippen molar-refractivity contribution in [2.45, 2.75) is 38.0 Å².